The summed E-state index contributed by atoms with van der Waals surface area (Å²) >= 11 is 0. The third-order valence-corrected chi connectivity index (χ3v) is 5.41. The molecule has 0 spiro atoms. The van der Waals surface area contributed by atoms with Gasteiger partial charge in [0.2, 0.25) is 11.8 Å². The fraction of sp³-hybridized carbons (Fsp3) is 0.824. The molecule has 1 aliphatic carbocycles. The first-order valence-electron chi connectivity index (χ1n) is 8.54. The third kappa shape index (κ3) is 4.45. The number of likely N-dealkylation sites (tertiary alicyclic amines) is 1. The number of carboxylic acids is 1. The number of carbonyl (C=O) groups excluding carboxylic acids is 2. The van der Waals surface area contributed by atoms with E-state index in [4.69, 9.17) is 5.11 Å². The molecule has 6 nitrogen and oxygen atoms in total. The van der Waals surface area contributed by atoms with Crippen LogP contribution >= 0.6 is 0 Å². The van der Waals surface area contributed by atoms with Crippen molar-refractivity contribution in [3.8, 4) is 0 Å². The van der Waals surface area contributed by atoms with E-state index < -0.39 is 5.97 Å². The molecular formula is C17H28N2O4. The molecule has 1 heterocycles. The van der Waals surface area contributed by atoms with Gasteiger partial charge in [0, 0.05) is 40.0 Å². The standard InChI is InChI=1S/C17H28N2O4/c1-18(2)14(20)11-17(7-3-4-8-17)12-15(21)19-9-5-13(6-10-19)16(22)23/h13H,3-12H2,1-2H3,(H,22,23). The Bertz CT molecular complexity index is 461. The van der Waals surface area contributed by atoms with E-state index in [0.717, 1.165) is 25.7 Å². The molecule has 2 fully saturated rings. The van der Waals surface area contributed by atoms with E-state index in [-0.39, 0.29) is 23.1 Å². The number of amides is 2. The van der Waals surface area contributed by atoms with Crippen LogP contribution in [0, 0.1) is 11.3 Å². The van der Waals surface area contributed by atoms with Gasteiger partial charge in [-0.1, -0.05) is 12.8 Å². The molecule has 0 bridgehead atoms. The number of nitrogens with zero attached hydrogens (tertiary/aromatic N) is 2. The molecule has 0 radical (unpaired) electrons. The fourth-order valence-electron chi connectivity index (χ4n) is 3.83. The van der Waals surface area contributed by atoms with Crippen molar-refractivity contribution in [1.29, 1.82) is 0 Å². The van der Waals surface area contributed by atoms with Crippen LogP contribution in [0.1, 0.15) is 51.4 Å². The Kier molecular flexibility index (Phi) is 5.65. The summed E-state index contributed by atoms with van der Waals surface area (Å²) in [6.45, 7) is 1.04. The lowest BCUT2D eigenvalue weighted by atomic mass is 9.78. The summed E-state index contributed by atoms with van der Waals surface area (Å²) in [6, 6.07) is 0. The van der Waals surface area contributed by atoms with Gasteiger partial charge in [0.1, 0.15) is 0 Å². The molecule has 130 valence electrons. The van der Waals surface area contributed by atoms with Gasteiger partial charge in [-0.05, 0) is 31.1 Å². The molecule has 0 aromatic carbocycles. The topological polar surface area (TPSA) is 77.9 Å². The molecule has 1 aliphatic heterocycles. The van der Waals surface area contributed by atoms with Crippen LogP contribution in [0.3, 0.4) is 0 Å². The molecule has 2 rings (SSSR count). The minimum Gasteiger partial charge on any atom is -0.481 e. The van der Waals surface area contributed by atoms with E-state index >= 15 is 0 Å². The van der Waals surface area contributed by atoms with Gasteiger partial charge in [-0.15, -0.1) is 0 Å². The number of carboxylic acid groups (broad SMARTS) is 1. The quantitative estimate of drug-likeness (QED) is 0.835. The molecule has 2 aliphatic rings. The molecule has 0 aromatic rings. The summed E-state index contributed by atoms with van der Waals surface area (Å²) in [4.78, 5) is 39.1. The highest BCUT2D eigenvalue weighted by atomic mass is 16.4. The maximum Gasteiger partial charge on any atom is 0.306 e. The second-order valence-corrected chi connectivity index (χ2v) is 7.34. The number of carbonyl (C=O) groups is 3. The first kappa shape index (κ1) is 17.8. The smallest absolute Gasteiger partial charge is 0.306 e. The third-order valence-electron chi connectivity index (χ3n) is 5.41. The molecular weight excluding hydrogens is 296 g/mol. The fourth-order valence-corrected chi connectivity index (χ4v) is 3.83. The van der Waals surface area contributed by atoms with Crippen molar-refractivity contribution in [3.05, 3.63) is 0 Å². The average molecular weight is 324 g/mol. The Labute approximate surface area is 137 Å². The summed E-state index contributed by atoms with van der Waals surface area (Å²) in [5.41, 5.74) is -0.192. The van der Waals surface area contributed by atoms with Gasteiger partial charge < -0.3 is 14.9 Å². The van der Waals surface area contributed by atoms with Crippen LogP contribution in [0.25, 0.3) is 0 Å². The zero-order valence-electron chi connectivity index (χ0n) is 14.2. The van der Waals surface area contributed by atoms with Crippen molar-refractivity contribution in [3.63, 3.8) is 0 Å². The largest absolute Gasteiger partial charge is 0.481 e. The Morgan fingerprint density at radius 3 is 2.13 bits per heavy atom. The summed E-state index contributed by atoms with van der Waals surface area (Å²) in [5, 5.41) is 9.04. The van der Waals surface area contributed by atoms with E-state index in [9.17, 15) is 14.4 Å². The van der Waals surface area contributed by atoms with Crippen molar-refractivity contribution in [2.24, 2.45) is 11.3 Å². The normalized spacial score (nSPS) is 21.2. The highest BCUT2D eigenvalue weighted by molar-refractivity contribution is 5.80. The number of hydrogen-bond donors (Lipinski definition) is 1. The molecule has 1 saturated carbocycles. The van der Waals surface area contributed by atoms with Crippen LogP contribution in [0.4, 0.5) is 0 Å². The van der Waals surface area contributed by atoms with Crippen LogP contribution < -0.4 is 0 Å². The molecule has 0 aromatic heterocycles. The Hall–Kier alpha value is -1.59. The van der Waals surface area contributed by atoms with E-state index in [0.29, 0.717) is 38.8 Å². The number of hydrogen-bond acceptors (Lipinski definition) is 3. The molecule has 0 unspecified atom stereocenters. The van der Waals surface area contributed by atoms with Gasteiger partial charge in [0.25, 0.3) is 0 Å². The van der Waals surface area contributed by atoms with Crippen molar-refractivity contribution < 1.29 is 19.5 Å². The van der Waals surface area contributed by atoms with Gasteiger partial charge in [0.15, 0.2) is 0 Å². The summed E-state index contributed by atoms with van der Waals surface area (Å²) in [6.07, 6.45) is 5.95. The van der Waals surface area contributed by atoms with E-state index in [1.54, 1.807) is 23.9 Å². The number of aliphatic carboxylic acids is 1. The Morgan fingerprint density at radius 2 is 1.65 bits per heavy atom. The lowest BCUT2D eigenvalue weighted by molar-refractivity contribution is -0.146. The molecule has 6 heteroatoms. The van der Waals surface area contributed by atoms with Gasteiger partial charge in [-0.2, -0.15) is 0 Å². The minimum absolute atomic E-state index is 0.0855. The van der Waals surface area contributed by atoms with Crippen LogP contribution in [0.5, 0.6) is 0 Å². The Morgan fingerprint density at radius 1 is 1.09 bits per heavy atom. The molecule has 2 amide bonds. The monoisotopic (exact) mass is 324 g/mol. The predicted molar refractivity (Wildman–Crippen MR) is 85.8 cm³/mol. The van der Waals surface area contributed by atoms with Crippen LogP contribution in [-0.2, 0) is 14.4 Å². The minimum atomic E-state index is -0.763. The van der Waals surface area contributed by atoms with Gasteiger partial charge in [-0.3, -0.25) is 14.4 Å². The summed E-state index contributed by atoms with van der Waals surface area (Å²) < 4.78 is 0. The first-order valence-corrected chi connectivity index (χ1v) is 8.54. The Balaban J connectivity index is 1.94. The number of piperidine rings is 1. The maximum absolute atomic E-state index is 12.6. The van der Waals surface area contributed by atoms with Gasteiger partial charge in [-0.25, -0.2) is 0 Å². The van der Waals surface area contributed by atoms with Gasteiger partial charge in [0.05, 0.1) is 5.92 Å². The van der Waals surface area contributed by atoms with Crippen LogP contribution in [0.2, 0.25) is 0 Å². The second kappa shape index (κ2) is 7.32. The molecule has 1 N–H and O–H groups in total. The molecule has 0 atom stereocenters. The number of rotatable bonds is 5. The van der Waals surface area contributed by atoms with Crippen molar-refractivity contribution in [2.75, 3.05) is 27.2 Å². The van der Waals surface area contributed by atoms with Crippen molar-refractivity contribution >= 4 is 17.8 Å². The first-order chi connectivity index (χ1) is 10.8. The van der Waals surface area contributed by atoms with Crippen molar-refractivity contribution in [2.45, 2.75) is 51.4 Å². The summed E-state index contributed by atoms with van der Waals surface area (Å²) in [7, 11) is 3.51. The highest BCUT2D eigenvalue weighted by Crippen LogP contribution is 2.44. The lowest BCUT2D eigenvalue weighted by Crippen LogP contribution is -2.42. The van der Waals surface area contributed by atoms with E-state index in [2.05, 4.69) is 0 Å². The second-order valence-electron chi connectivity index (χ2n) is 7.34. The zero-order chi connectivity index (χ0) is 17.0. The molecule has 1 saturated heterocycles. The van der Waals surface area contributed by atoms with Crippen molar-refractivity contribution in [1.82, 2.24) is 9.80 Å². The average Bonchev–Trinajstić information content (AvgIpc) is 2.95. The summed E-state index contributed by atoms with van der Waals surface area (Å²) in [5.74, 6) is -0.915. The molecule has 23 heavy (non-hydrogen) atoms. The zero-order valence-corrected chi connectivity index (χ0v) is 14.2. The van der Waals surface area contributed by atoms with E-state index in [1.807, 2.05) is 0 Å². The maximum atomic E-state index is 12.6. The highest BCUT2D eigenvalue weighted by Gasteiger charge is 2.40. The van der Waals surface area contributed by atoms with Crippen LogP contribution in [0.15, 0.2) is 0 Å². The predicted octanol–water partition coefficient (Wildman–Crippen LogP) is 1.74. The lowest BCUT2D eigenvalue weighted by Gasteiger charge is -2.35. The SMILES string of the molecule is CN(C)C(=O)CC1(CC(=O)N2CCC(C(=O)O)CC2)CCCC1. The van der Waals surface area contributed by atoms with Gasteiger partial charge >= 0.3 is 5.97 Å². The van der Waals surface area contributed by atoms with E-state index in [1.165, 1.54) is 0 Å². The van der Waals surface area contributed by atoms with Crippen LogP contribution in [-0.4, -0.2) is 59.9 Å².